The number of fused-ring (bicyclic) bond motifs is 1. The molecule has 1 saturated heterocycles. The summed E-state index contributed by atoms with van der Waals surface area (Å²) in [6.45, 7) is 0. The summed E-state index contributed by atoms with van der Waals surface area (Å²) in [4.78, 5) is 0. The number of rotatable bonds is 1. The van der Waals surface area contributed by atoms with E-state index < -0.39 is 0 Å². The second-order valence-electron chi connectivity index (χ2n) is 3.90. The van der Waals surface area contributed by atoms with E-state index in [0.717, 1.165) is 5.56 Å². The van der Waals surface area contributed by atoms with Crippen LogP contribution in [0.25, 0.3) is 0 Å². The molecule has 3 rings (SSSR count). The van der Waals surface area contributed by atoms with Gasteiger partial charge in [0.15, 0.2) is 0 Å². The van der Waals surface area contributed by atoms with Gasteiger partial charge in [0.25, 0.3) is 0 Å². The van der Waals surface area contributed by atoms with E-state index in [9.17, 15) is 0 Å². The van der Waals surface area contributed by atoms with Crippen molar-refractivity contribution in [2.45, 2.75) is 11.7 Å². The van der Waals surface area contributed by atoms with Crippen LogP contribution in [0.15, 0.2) is 53.9 Å². The molecule has 0 aromatic heterocycles. The lowest BCUT2D eigenvalue weighted by atomic mass is 9.90. The Morgan fingerprint density at radius 3 is 2.60 bits per heavy atom. The number of hydrogen-bond donors (Lipinski definition) is 2. The highest BCUT2D eigenvalue weighted by atomic mass is 16.6. The van der Waals surface area contributed by atoms with Crippen LogP contribution in [0.4, 0.5) is 0 Å². The maximum absolute atomic E-state index is 5.86. The summed E-state index contributed by atoms with van der Waals surface area (Å²) in [7, 11) is 0. The fourth-order valence-electron chi connectivity index (χ4n) is 2.06. The first kappa shape index (κ1) is 8.56. The molecule has 3 heteroatoms. The molecule has 1 aliphatic carbocycles. The molecule has 15 heavy (non-hydrogen) atoms. The Kier molecular flexibility index (Phi) is 1.51. The number of ether oxygens (including phenoxy) is 1. The first-order valence-electron chi connectivity index (χ1n) is 4.92. The summed E-state index contributed by atoms with van der Waals surface area (Å²) < 4.78 is 5.68. The number of nitrogens with two attached hydrogens (primary N) is 2. The number of allylic oxidation sites excluding steroid dienone is 1. The van der Waals surface area contributed by atoms with Crippen LogP contribution in [0.5, 0.6) is 0 Å². The van der Waals surface area contributed by atoms with Crippen molar-refractivity contribution in [2.75, 3.05) is 0 Å². The highest BCUT2D eigenvalue weighted by Crippen LogP contribution is 2.52. The van der Waals surface area contributed by atoms with Crippen LogP contribution in [-0.4, -0.2) is 6.10 Å². The molecule has 2 aliphatic rings. The maximum atomic E-state index is 5.86. The second-order valence-corrected chi connectivity index (χ2v) is 3.90. The van der Waals surface area contributed by atoms with E-state index in [4.69, 9.17) is 16.2 Å². The Balaban J connectivity index is 2.03. The van der Waals surface area contributed by atoms with Gasteiger partial charge in [-0.25, -0.2) is 0 Å². The minimum atomic E-state index is -0.353. The molecular formula is C12H12N2O. The molecule has 0 saturated carbocycles. The molecule has 4 N–H and O–H groups in total. The van der Waals surface area contributed by atoms with Gasteiger partial charge in [-0.2, -0.15) is 0 Å². The molecule has 1 aromatic carbocycles. The lowest BCUT2D eigenvalue weighted by Gasteiger charge is -2.13. The van der Waals surface area contributed by atoms with Gasteiger partial charge in [0, 0.05) is 0 Å². The SMILES string of the molecule is NC1=C(N)C2OC2(c2ccccc2)C=C1. The summed E-state index contributed by atoms with van der Waals surface area (Å²) in [6, 6.07) is 10.1. The molecule has 0 amide bonds. The van der Waals surface area contributed by atoms with E-state index in [2.05, 4.69) is 0 Å². The number of benzene rings is 1. The van der Waals surface area contributed by atoms with Crippen molar-refractivity contribution in [3.63, 3.8) is 0 Å². The summed E-state index contributed by atoms with van der Waals surface area (Å²) in [5, 5.41) is 0. The molecule has 2 unspecified atom stereocenters. The van der Waals surface area contributed by atoms with Crippen LogP contribution in [0, 0.1) is 0 Å². The number of epoxide rings is 1. The summed E-state index contributed by atoms with van der Waals surface area (Å²) in [6.07, 6.45) is 3.73. The summed E-state index contributed by atoms with van der Waals surface area (Å²) in [5.41, 5.74) is 13.6. The molecule has 1 fully saturated rings. The quantitative estimate of drug-likeness (QED) is 0.664. The molecule has 2 atom stereocenters. The fourth-order valence-corrected chi connectivity index (χ4v) is 2.06. The van der Waals surface area contributed by atoms with Gasteiger partial charge < -0.3 is 16.2 Å². The van der Waals surface area contributed by atoms with Crippen molar-refractivity contribution < 1.29 is 4.74 Å². The molecule has 0 spiro atoms. The topological polar surface area (TPSA) is 64.6 Å². The van der Waals surface area contributed by atoms with E-state index in [1.54, 1.807) is 0 Å². The van der Waals surface area contributed by atoms with Crippen LogP contribution in [0.2, 0.25) is 0 Å². The van der Waals surface area contributed by atoms with Crippen LogP contribution < -0.4 is 11.5 Å². The fraction of sp³-hybridized carbons (Fsp3) is 0.167. The smallest absolute Gasteiger partial charge is 0.144 e. The zero-order valence-electron chi connectivity index (χ0n) is 8.18. The van der Waals surface area contributed by atoms with Crippen molar-refractivity contribution in [2.24, 2.45) is 11.5 Å². The highest BCUT2D eigenvalue weighted by Gasteiger charge is 2.59. The summed E-state index contributed by atoms with van der Waals surface area (Å²) >= 11 is 0. The van der Waals surface area contributed by atoms with E-state index >= 15 is 0 Å². The van der Waals surface area contributed by atoms with E-state index in [1.807, 2.05) is 42.5 Å². The Morgan fingerprint density at radius 1 is 1.13 bits per heavy atom. The zero-order chi connectivity index (χ0) is 10.5. The van der Waals surface area contributed by atoms with Crippen LogP contribution in [0.1, 0.15) is 5.56 Å². The Morgan fingerprint density at radius 2 is 1.87 bits per heavy atom. The Hall–Kier alpha value is -1.74. The lowest BCUT2D eigenvalue weighted by Crippen LogP contribution is -2.22. The molecule has 1 heterocycles. The molecule has 1 aromatic rings. The lowest BCUT2D eigenvalue weighted by molar-refractivity contribution is 0.343. The monoisotopic (exact) mass is 200 g/mol. The highest BCUT2D eigenvalue weighted by molar-refractivity contribution is 5.47. The van der Waals surface area contributed by atoms with Gasteiger partial charge in [-0.05, 0) is 17.7 Å². The molecule has 3 nitrogen and oxygen atoms in total. The Bertz CT molecular complexity index is 464. The predicted molar refractivity (Wildman–Crippen MR) is 57.5 cm³/mol. The molecule has 1 aliphatic heterocycles. The Labute approximate surface area is 88.0 Å². The van der Waals surface area contributed by atoms with E-state index in [1.165, 1.54) is 0 Å². The van der Waals surface area contributed by atoms with Gasteiger partial charge >= 0.3 is 0 Å². The molecule has 0 radical (unpaired) electrons. The van der Waals surface area contributed by atoms with Gasteiger partial charge in [-0.1, -0.05) is 30.3 Å². The first-order chi connectivity index (χ1) is 7.24. The molecule has 76 valence electrons. The van der Waals surface area contributed by atoms with Gasteiger partial charge in [0.1, 0.15) is 11.7 Å². The zero-order valence-corrected chi connectivity index (χ0v) is 8.18. The van der Waals surface area contributed by atoms with Crippen LogP contribution in [0.3, 0.4) is 0 Å². The van der Waals surface area contributed by atoms with E-state index in [-0.39, 0.29) is 11.7 Å². The van der Waals surface area contributed by atoms with Crippen molar-refractivity contribution in [1.82, 2.24) is 0 Å². The van der Waals surface area contributed by atoms with Crippen molar-refractivity contribution in [3.05, 3.63) is 59.4 Å². The molecular weight excluding hydrogens is 188 g/mol. The predicted octanol–water partition coefficient (Wildman–Crippen LogP) is 0.980. The van der Waals surface area contributed by atoms with Crippen molar-refractivity contribution in [3.8, 4) is 0 Å². The average Bonchev–Trinajstić information content (AvgIpc) is 3.02. The molecule has 0 bridgehead atoms. The van der Waals surface area contributed by atoms with E-state index in [0.29, 0.717) is 11.4 Å². The average molecular weight is 200 g/mol. The van der Waals surface area contributed by atoms with Crippen molar-refractivity contribution >= 4 is 0 Å². The standard InChI is InChI=1S/C12H12N2O/c13-9-6-7-12(11(15-12)10(9)14)8-4-2-1-3-5-8/h1-7,11H,13-14H2. The maximum Gasteiger partial charge on any atom is 0.144 e. The van der Waals surface area contributed by atoms with Crippen molar-refractivity contribution in [1.29, 1.82) is 0 Å². The third-order valence-electron chi connectivity index (χ3n) is 3.00. The number of hydrogen-bond acceptors (Lipinski definition) is 3. The minimum absolute atomic E-state index is 0.0788. The first-order valence-corrected chi connectivity index (χ1v) is 4.92. The normalized spacial score (nSPS) is 32.7. The summed E-state index contributed by atoms with van der Waals surface area (Å²) in [5.74, 6) is 0. The van der Waals surface area contributed by atoms with Gasteiger partial charge in [0.2, 0.25) is 0 Å². The van der Waals surface area contributed by atoms with Gasteiger partial charge in [0.05, 0.1) is 11.4 Å². The van der Waals surface area contributed by atoms with Crippen LogP contribution >= 0.6 is 0 Å². The minimum Gasteiger partial charge on any atom is -0.398 e. The largest absolute Gasteiger partial charge is 0.398 e. The second kappa shape index (κ2) is 2.64. The third kappa shape index (κ3) is 1.04. The van der Waals surface area contributed by atoms with Gasteiger partial charge in [-0.3, -0.25) is 0 Å². The third-order valence-corrected chi connectivity index (χ3v) is 3.00. The van der Waals surface area contributed by atoms with Crippen LogP contribution in [-0.2, 0) is 10.3 Å². The van der Waals surface area contributed by atoms with Gasteiger partial charge in [-0.15, -0.1) is 0 Å².